The van der Waals surface area contributed by atoms with Crippen LogP contribution >= 0.6 is 11.8 Å². The largest absolute Gasteiger partial charge is 0.359 e. The first kappa shape index (κ1) is 11.5. The lowest BCUT2D eigenvalue weighted by atomic mass is 10.1. The molecule has 1 N–H and O–H groups in total. The maximum absolute atomic E-state index is 4.54. The molecule has 1 saturated heterocycles. The van der Waals surface area contributed by atoms with Crippen molar-refractivity contribution in [2.24, 2.45) is 12.0 Å². The number of hydrogen-bond donors (Lipinski definition) is 1. The summed E-state index contributed by atoms with van der Waals surface area (Å²) in [4.78, 5) is 4.54. The Morgan fingerprint density at radius 2 is 2.44 bits per heavy atom. The van der Waals surface area contributed by atoms with Gasteiger partial charge in [0.1, 0.15) is 0 Å². The van der Waals surface area contributed by atoms with E-state index >= 15 is 0 Å². The lowest BCUT2D eigenvalue weighted by Crippen LogP contribution is -2.36. The van der Waals surface area contributed by atoms with E-state index in [1.807, 2.05) is 24.0 Å². The lowest BCUT2D eigenvalue weighted by molar-refractivity contribution is 0.536. The van der Waals surface area contributed by atoms with Gasteiger partial charge in [-0.1, -0.05) is 11.8 Å². The van der Waals surface area contributed by atoms with Crippen LogP contribution in [0.3, 0.4) is 0 Å². The third-order valence-corrected chi connectivity index (χ3v) is 3.78. The monoisotopic (exact) mass is 238 g/mol. The second-order valence-electron chi connectivity index (χ2n) is 4.72. The number of rotatable bonds is 3. The Balaban J connectivity index is 1.82. The fraction of sp³-hybridized carbons (Fsp3) is 0.636. The maximum Gasteiger partial charge on any atom is 0.157 e. The average molecular weight is 238 g/mol. The minimum Gasteiger partial charge on any atom is -0.359 e. The highest BCUT2D eigenvalue weighted by molar-refractivity contribution is 8.14. The smallest absolute Gasteiger partial charge is 0.157 e. The van der Waals surface area contributed by atoms with Crippen LogP contribution in [-0.4, -0.2) is 32.8 Å². The fourth-order valence-corrected chi connectivity index (χ4v) is 2.66. The van der Waals surface area contributed by atoms with E-state index in [0.717, 1.165) is 29.6 Å². The summed E-state index contributed by atoms with van der Waals surface area (Å²) >= 11 is 1.80. The molecule has 2 heterocycles. The average Bonchev–Trinajstić information content (AvgIpc) is 2.73. The summed E-state index contributed by atoms with van der Waals surface area (Å²) in [5.41, 5.74) is 1.29. The van der Waals surface area contributed by atoms with Crippen LogP contribution in [-0.2, 0) is 13.5 Å². The second kappa shape index (κ2) is 4.49. The number of nitrogens with one attached hydrogen (secondary N) is 1. The third kappa shape index (κ3) is 3.01. The highest BCUT2D eigenvalue weighted by atomic mass is 32.2. The van der Waals surface area contributed by atoms with Gasteiger partial charge in [0.15, 0.2) is 5.17 Å². The Bertz CT molecular complexity index is 394. The molecule has 0 radical (unpaired) electrons. The van der Waals surface area contributed by atoms with E-state index in [0.29, 0.717) is 0 Å². The molecule has 0 aliphatic carbocycles. The van der Waals surface area contributed by atoms with Gasteiger partial charge in [0, 0.05) is 37.5 Å². The molecular weight excluding hydrogens is 220 g/mol. The molecule has 1 aliphatic heterocycles. The number of amidine groups is 1. The molecular formula is C11H18N4S. The molecule has 4 nitrogen and oxygen atoms in total. The number of nitrogens with zero attached hydrogens (tertiary/aromatic N) is 3. The molecule has 0 amide bonds. The molecule has 1 aliphatic rings. The minimum absolute atomic E-state index is 0.189. The SMILES string of the molecule is Cn1ccc(CCN=C2NC(C)(C)CS2)n1. The number of aryl methyl sites for hydroxylation is 1. The van der Waals surface area contributed by atoms with Gasteiger partial charge in [-0.25, -0.2) is 0 Å². The molecule has 0 unspecified atom stereocenters. The molecule has 0 bridgehead atoms. The summed E-state index contributed by atoms with van der Waals surface area (Å²) in [7, 11) is 1.94. The van der Waals surface area contributed by atoms with Gasteiger partial charge < -0.3 is 5.32 Å². The lowest BCUT2D eigenvalue weighted by Gasteiger charge is -2.15. The van der Waals surface area contributed by atoms with Gasteiger partial charge in [-0.15, -0.1) is 0 Å². The topological polar surface area (TPSA) is 42.2 Å². The van der Waals surface area contributed by atoms with Crippen molar-refractivity contribution in [1.29, 1.82) is 0 Å². The molecule has 2 rings (SSSR count). The summed E-state index contributed by atoms with van der Waals surface area (Å²) in [6, 6.07) is 2.04. The van der Waals surface area contributed by atoms with Gasteiger partial charge >= 0.3 is 0 Å². The van der Waals surface area contributed by atoms with Crippen LogP contribution in [0.5, 0.6) is 0 Å². The zero-order chi connectivity index (χ0) is 11.6. The molecule has 5 heteroatoms. The minimum atomic E-state index is 0.189. The normalized spacial score (nSPS) is 21.3. The van der Waals surface area contributed by atoms with Crippen molar-refractivity contribution in [1.82, 2.24) is 15.1 Å². The van der Waals surface area contributed by atoms with Crippen molar-refractivity contribution in [3.8, 4) is 0 Å². The third-order valence-electron chi connectivity index (χ3n) is 2.41. The molecule has 0 atom stereocenters. The van der Waals surface area contributed by atoms with Gasteiger partial charge in [0.05, 0.1) is 5.69 Å². The first-order valence-corrected chi connectivity index (χ1v) is 6.48. The van der Waals surface area contributed by atoms with E-state index < -0.39 is 0 Å². The van der Waals surface area contributed by atoms with Crippen LogP contribution in [0, 0.1) is 0 Å². The quantitative estimate of drug-likeness (QED) is 0.866. The maximum atomic E-state index is 4.54. The number of hydrogen-bond acceptors (Lipinski definition) is 3. The molecule has 0 aromatic carbocycles. The Morgan fingerprint density at radius 1 is 1.62 bits per heavy atom. The van der Waals surface area contributed by atoms with E-state index in [-0.39, 0.29) is 5.54 Å². The summed E-state index contributed by atoms with van der Waals surface area (Å²) in [5, 5.41) is 8.80. The fourth-order valence-electron chi connectivity index (χ4n) is 1.56. The summed E-state index contributed by atoms with van der Waals surface area (Å²) in [5.74, 6) is 1.09. The first-order valence-electron chi connectivity index (χ1n) is 5.49. The van der Waals surface area contributed by atoms with Crippen LogP contribution in [0.4, 0.5) is 0 Å². The van der Waals surface area contributed by atoms with Crippen LogP contribution in [0.2, 0.25) is 0 Å². The Labute approximate surface area is 101 Å². The second-order valence-corrected chi connectivity index (χ2v) is 5.68. The van der Waals surface area contributed by atoms with Crippen molar-refractivity contribution in [3.63, 3.8) is 0 Å². The zero-order valence-electron chi connectivity index (χ0n) is 10.0. The zero-order valence-corrected chi connectivity index (χ0v) is 10.8. The van der Waals surface area contributed by atoms with Gasteiger partial charge in [0.25, 0.3) is 0 Å². The molecule has 16 heavy (non-hydrogen) atoms. The van der Waals surface area contributed by atoms with Crippen LogP contribution in [0.25, 0.3) is 0 Å². The number of aliphatic imine (C=N–C) groups is 1. The van der Waals surface area contributed by atoms with Crippen molar-refractivity contribution in [2.75, 3.05) is 12.3 Å². The van der Waals surface area contributed by atoms with Crippen molar-refractivity contribution in [2.45, 2.75) is 25.8 Å². The van der Waals surface area contributed by atoms with Gasteiger partial charge in [-0.3, -0.25) is 9.67 Å². The predicted octanol–water partition coefficient (Wildman–Crippen LogP) is 1.43. The summed E-state index contributed by atoms with van der Waals surface area (Å²) in [6.07, 6.45) is 2.88. The van der Waals surface area contributed by atoms with Crippen molar-refractivity contribution >= 4 is 16.9 Å². The Kier molecular flexibility index (Phi) is 3.23. The van der Waals surface area contributed by atoms with Crippen molar-refractivity contribution < 1.29 is 0 Å². The molecule has 1 fully saturated rings. The van der Waals surface area contributed by atoms with Crippen molar-refractivity contribution in [3.05, 3.63) is 18.0 Å². The van der Waals surface area contributed by atoms with Crippen LogP contribution in [0.15, 0.2) is 17.3 Å². The van der Waals surface area contributed by atoms with E-state index in [9.17, 15) is 0 Å². The van der Waals surface area contributed by atoms with Crippen LogP contribution < -0.4 is 5.32 Å². The standard InChI is InChI=1S/C11H18N4S/c1-11(2)8-16-10(13-11)12-6-4-9-5-7-15(3)14-9/h5,7H,4,6,8H2,1-3H3,(H,12,13). The molecule has 1 aromatic heterocycles. The summed E-state index contributed by atoms with van der Waals surface area (Å²) in [6.45, 7) is 5.20. The number of thioether (sulfide) groups is 1. The Morgan fingerprint density at radius 3 is 3.00 bits per heavy atom. The van der Waals surface area contributed by atoms with Gasteiger partial charge in [-0.2, -0.15) is 5.10 Å². The van der Waals surface area contributed by atoms with Gasteiger partial charge in [-0.05, 0) is 19.9 Å². The number of aromatic nitrogens is 2. The van der Waals surface area contributed by atoms with Gasteiger partial charge in [0.2, 0.25) is 0 Å². The van der Waals surface area contributed by atoms with Crippen LogP contribution in [0.1, 0.15) is 19.5 Å². The van der Waals surface area contributed by atoms with E-state index in [4.69, 9.17) is 0 Å². The molecule has 88 valence electrons. The summed E-state index contributed by atoms with van der Waals surface area (Å²) < 4.78 is 1.83. The molecule has 0 spiro atoms. The predicted molar refractivity (Wildman–Crippen MR) is 68.9 cm³/mol. The van der Waals surface area contributed by atoms with E-state index in [1.165, 1.54) is 0 Å². The highest BCUT2D eigenvalue weighted by Crippen LogP contribution is 2.21. The molecule has 1 aromatic rings. The van der Waals surface area contributed by atoms with E-state index in [2.05, 4.69) is 29.3 Å². The highest BCUT2D eigenvalue weighted by Gasteiger charge is 2.26. The molecule has 0 saturated carbocycles. The van der Waals surface area contributed by atoms with E-state index in [1.54, 1.807) is 11.8 Å². The Hall–Kier alpha value is -0.970. The first-order chi connectivity index (χ1) is 7.55.